The van der Waals surface area contributed by atoms with Gasteiger partial charge in [0.05, 0.1) is 11.7 Å². The molecule has 1 atom stereocenters. The molecule has 2 aromatic rings. The second-order valence-corrected chi connectivity index (χ2v) is 6.34. The van der Waals surface area contributed by atoms with Crippen molar-refractivity contribution in [1.29, 1.82) is 0 Å². The number of hydrogen-bond donors (Lipinski definition) is 1. The molecule has 3 rings (SSSR count). The summed E-state index contributed by atoms with van der Waals surface area (Å²) in [4.78, 5) is 14.7. The summed E-state index contributed by atoms with van der Waals surface area (Å²) in [5.74, 6) is 0.805. The first-order valence-electron chi connectivity index (χ1n) is 8.05. The van der Waals surface area contributed by atoms with Crippen molar-refractivity contribution < 1.29 is 9.32 Å². The predicted molar refractivity (Wildman–Crippen MR) is 89.6 cm³/mol. The molecule has 1 saturated heterocycles. The maximum atomic E-state index is 12.8. The lowest BCUT2D eigenvalue weighted by atomic mass is 10.0. The van der Waals surface area contributed by atoms with E-state index >= 15 is 0 Å². The molecular formula is C18H23N3O2. The number of likely N-dealkylation sites (tertiary alicyclic amines) is 1. The molecule has 122 valence electrons. The summed E-state index contributed by atoms with van der Waals surface area (Å²) in [7, 11) is 0. The van der Waals surface area contributed by atoms with Crippen LogP contribution in [0.4, 0.5) is 10.5 Å². The molecule has 1 fully saturated rings. The van der Waals surface area contributed by atoms with E-state index in [0.29, 0.717) is 0 Å². The number of amides is 2. The minimum absolute atomic E-state index is 0.0476. The van der Waals surface area contributed by atoms with Crippen molar-refractivity contribution in [1.82, 2.24) is 10.1 Å². The number of hydrogen-bond acceptors (Lipinski definition) is 3. The molecule has 5 nitrogen and oxygen atoms in total. The van der Waals surface area contributed by atoms with Crippen LogP contribution in [0.15, 0.2) is 22.7 Å². The van der Waals surface area contributed by atoms with Crippen molar-refractivity contribution in [2.45, 2.75) is 46.6 Å². The van der Waals surface area contributed by atoms with Gasteiger partial charge in [0.1, 0.15) is 5.76 Å². The smallest absolute Gasteiger partial charge is 0.322 e. The van der Waals surface area contributed by atoms with Gasteiger partial charge in [-0.05, 0) is 57.7 Å². The van der Waals surface area contributed by atoms with E-state index in [1.54, 1.807) is 0 Å². The van der Waals surface area contributed by atoms with E-state index in [2.05, 4.69) is 10.5 Å². The highest BCUT2D eigenvalue weighted by atomic mass is 16.5. The summed E-state index contributed by atoms with van der Waals surface area (Å²) in [6, 6.07) is 6.08. The average molecular weight is 313 g/mol. The third kappa shape index (κ3) is 2.96. The van der Waals surface area contributed by atoms with E-state index in [0.717, 1.165) is 53.2 Å². The number of nitrogens with zero attached hydrogens (tertiary/aromatic N) is 2. The minimum atomic E-state index is -0.0544. The number of urea groups is 1. The monoisotopic (exact) mass is 313 g/mol. The molecule has 1 aliphatic heterocycles. The number of carbonyl (C=O) groups is 1. The molecule has 2 amide bonds. The Morgan fingerprint density at radius 1 is 1.30 bits per heavy atom. The fourth-order valence-corrected chi connectivity index (χ4v) is 3.33. The van der Waals surface area contributed by atoms with Crippen LogP contribution in [0.25, 0.3) is 0 Å². The van der Waals surface area contributed by atoms with Crippen LogP contribution in [-0.4, -0.2) is 22.6 Å². The molecule has 0 bridgehead atoms. The van der Waals surface area contributed by atoms with Crippen molar-refractivity contribution in [3.05, 3.63) is 46.3 Å². The summed E-state index contributed by atoms with van der Waals surface area (Å²) in [5, 5.41) is 7.09. The lowest BCUT2D eigenvalue weighted by molar-refractivity contribution is 0.206. The molecule has 1 N–H and O–H groups in total. The van der Waals surface area contributed by atoms with Gasteiger partial charge in [-0.2, -0.15) is 0 Å². The topological polar surface area (TPSA) is 58.4 Å². The van der Waals surface area contributed by atoms with Crippen LogP contribution >= 0.6 is 0 Å². The number of aromatic nitrogens is 1. The van der Waals surface area contributed by atoms with Gasteiger partial charge in [0.25, 0.3) is 0 Å². The highest BCUT2D eigenvalue weighted by molar-refractivity contribution is 5.90. The zero-order valence-corrected chi connectivity index (χ0v) is 14.1. The van der Waals surface area contributed by atoms with E-state index < -0.39 is 0 Å². The predicted octanol–water partition coefficient (Wildman–Crippen LogP) is 4.28. The number of benzene rings is 1. The summed E-state index contributed by atoms with van der Waals surface area (Å²) in [5.41, 5.74) is 5.00. The third-order valence-corrected chi connectivity index (χ3v) is 4.57. The molecule has 1 aromatic carbocycles. The lowest BCUT2D eigenvalue weighted by Crippen LogP contribution is -2.35. The van der Waals surface area contributed by atoms with Crippen LogP contribution in [0, 0.1) is 27.7 Å². The summed E-state index contributed by atoms with van der Waals surface area (Å²) >= 11 is 0. The SMILES string of the molecule is Cc1ccc(C)c(NC(=O)N2CCCC2c2c(C)noc2C)c1. The van der Waals surface area contributed by atoms with Gasteiger partial charge in [-0.25, -0.2) is 4.79 Å². The van der Waals surface area contributed by atoms with Crippen molar-refractivity contribution in [2.24, 2.45) is 0 Å². The number of carbonyl (C=O) groups excluding carboxylic acids is 1. The van der Waals surface area contributed by atoms with Gasteiger partial charge in [-0.3, -0.25) is 0 Å². The second-order valence-electron chi connectivity index (χ2n) is 6.34. The van der Waals surface area contributed by atoms with Gasteiger partial charge in [0.2, 0.25) is 0 Å². The Morgan fingerprint density at radius 2 is 2.09 bits per heavy atom. The Kier molecular flexibility index (Phi) is 4.11. The summed E-state index contributed by atoms with van der Waals surface area (Å²) < 4.78 is 5.28. The van der Waals surface area contributed by atoms with Crippen molar-refractivity contribution in [3.63, 3.8) is 0 Å². The molecule has 23 heavy (non-hydrogen) atoms. The second kappa shape index (κ2) is 6.07. The maximum absolute atomic E-state index is 12.8. The Bertz CT molecular complexity index is 716. The van der Waals surface area contributed by atoms with Gasteiger partial charge >= 0.3 is 6.03 Å². The van der Waals surface area contributed by atoms with E-state index in [-0.39, 0.29) is 12.1 Å². The molecule has 5 heteroatoms. The van der Waals surface area contributed by atoms with Crippen molar-refractivity contribution in [2.75, 3.05) is 11.9 Å². The standard InChI is InChI=1S/C18H23N3O2/c1-11-7-8-12(2)15(10-11)19-18(22)21-9-5-6-16(21)17-13(3)20-23-14(17)4/h7-8,10,16H,5-6,9H2,1-4H3,(H,19,22). The summed E-state index contributed by atoms with van der Waals surface area (Å²) in [6.45, 7) is 8.63. The molecule has 0 radical (unpaired) electrons. The van der Waals surface area contributed by atoms with Crippen LogP contribution in [0.1, 0.15) is 47.0 Å². The number of aryl methyl sites for hydroxylation is 4. The first kappa shape index (κ1) is 15.6. The zero-order chi connectivity index (χ0) is 16.6. The molecule has 1 aliphatic rings. The van der Waals surface area contributed by atoms with Gasteiger partial charge in [0, 0.05) is 17.8 Å². The van der Waals surface area contributed by atoms with Crippen LogP contribution < -0.4 is 5.32 Å². The number of anilines is 1. The maximum Gasteiger partial charge on any atom is 0.322 e. The fourth-order valence-electron chi connectivity index (χ4n) is 3.33. The first-order valence-corrected chi connectivity index (χ1v) is 8.05. The minimum Gasteiger partial charge on any atom is -0.361 e. The molecule has 1 aromatic heterocycles. The van der Waals surface area contributed by atoms with E-state index in [1.807, 2.05) is 50.8 Å². The quantitative estimate of drug-likeness (QED) is 0.900. The van der Waals surface area contributed by atoms with Gasteiger partial charge in [0.15, 0.2) is 0 Å². The van der Waals surface area contributed by atoms with Gasteiger partial charge < -0.3 is 14.7 Å². The van der Waals surface area contributed by atoms with Crippen LogP contribution in [-0.2, 0) is 0 Å². The molecule has 2 heterocycles. The Hall–Kier alpha value is -2.30. The zero-order valence-electron chi connectivity index (χ0n) is 14.1. The molecule has 0 saturated carbocycles. The van der Waals surface area contributed by atoms with Crippen LogP contribution in [0.2, 0.25) is 0 Å². The Balaban J connectivity index is 1.83. The molecule has 0 aliphatic carbocycles. The highest BCUT2D eigenvalue weighted by Crippen LogP contribution is 2.36. The third-order valence-electron chi connectivity index (χ3n) is 4.57. The normalized spacial score (nSPS) is 17.6. The van der Waals surface area contributed by atoms with Gasteiger partial charge in [-0.1, -0.05) is 17.3 Å². The van der Waals surface area contributed by atoms with E-state index in [1.165, 1.54) is 0 Å². The molecule has 1 unspecified atom stereocenters. The lowest BCUT2D eigenvalue weighted by Gasteiger charge is -2.25. The van der Waals surface area contributed by atoms with Crippen LogP contribution in [0.5, 0.6) is 0 Å². The van der Waals surface area contributed by atoms with Crippen LogP contribution in [0.3, 0.4) is 0 Å². The van der Waals surface area contributed by atoms with E-state index in [9.17, 15) is 4.79 Å². The molecule has 0 spiro atoms. The Morgan fingerprint density at radius 3 is 2.78 bits per heavy atom. The Labute approximate surface area is 136 Å². The molecular weight excluding hydrogens is 290 g/mol. The average Bonchev–Trinajstić information content (AvgIpc) is 3.09. The van der Waals surface area contributed by atoms with Crippen molar-refractivity contribution >= 4 is 11.7 Å². The summed E-state index contributed by atoms with van der Waals surface area (Å²) in [6.07, 6.45) is 1.94. The largest absolute Gasteiger partial charge is 0.361 e. The highest BCUT2D eigenvalue weighted by Gasteiger charge is 2.33. The first-order chi connectivity index (χ1) is 11.0. The van der Waals surface area contributed by atoms with Crippen molar-refractivity contribution in [3.8, 4) is 0 Å². The number of nitrogens with one attached hydrogen (secondary N) is 1. The number of rotatable bonds is 2. The fraction of sp³-hybridized carbons (Fsp3) is 0.444. The van der Waals surface area contributed by atoms with Gasteiger partial charge in [-0.15, -0.1) is 0 Å². The van der Waals surface area contributed by atoms with E-state index in [4.69, 9.17) is 4.52 Å².